The SMILES string of the molecule is CCOCCCNC(=O)[C@@H]1CCCN(C(=O)OC(C)(C)C)C1. The molecule has 0 radical (unpaired) electrons. The van der Waals surface area contributed by atoms with Crippen LogP contribution in [0.25, 0.3) is 0 Å². The van der Waals surface area contributed by atoms with E-state index >= 15 is 0 Å². The molecule has 0 saturated carbocycles. The lowest BCUT2D eigenvalue weighted by molar-refractivity contribution is -0.126. The standard InChI is InChI=1S/C16H30N2O4/c1-5-21-11-7-9-17-14(19)13-8-6-10-18(12-13)15(20)22-16(2,3)4/h13H,5-12H2,1-4H3,(H,17,19)/t13-/m1/s1. The van der Waals surface area contributed by atoms with Gasteiger partial charge >= 0.3 is 6.09 Å². The van der Waals surface area contributed by atoms with E-state index in [1.54, 1.807) is 4.90 Å². The van der Waals surface area contributed by atoms with Gasteiger partial charge in [-0.15, -0.1) is 0 Å². The van der Waals surface area contributed by atoms with Gasteiger partial charge < -0.3 is 19.7 Å². The Kier molecular flexibility index (Phi) is 7.65. The van der Waals surface area contributed by atoms with E-state index in [2.05, 4.69) is 5.32 Å². The highest BCUT2D eigenvalue weighted by Crippen LogP contribution is 2.19. The fourth-order valence-corrected chi connectivity index (χ4v) is 2.36. The largest absolute Gasteiger partial charge is 0.444 e. The molecule has 22 heavy (non-hydrogen) atoms. The number of amides is 2. The molecule has 0 aromatic heterocycles. The number of ether oxygens (including phenoxy) is 2. The predicted octanol–water partition coefficient (Wildman–Crippen LogP) is 2.18. The molecule has 6 nitrogen and oxygen atoms in total. The number of hydrogen-bond acceptors (Lipinski definition) is 4. The van der Waals surface area contributed by atoms with Gasteiger partial charge in [-0.25, -0.2) is 4.79 Å². The van der Waals surface area contributed by atoms with Gasteiger partial charge in [0.2, 0.25) is 5.91 Å². The molecule has 0 aromatic rings. The van der Waals surface area contributed by atoms with Crippen molar-refractivity contribution in [3.63, 3.8) is 0 Å². The number of carbonyl (C=O) groups excluding carboxylic acids is 2. The van der Waals surface area contributed by atoms with Crippen LogP contribution < -0.4 is 5.32 Å². The zero-order chi connectivity index (χ0) is 16.6. The minimum Gasteiger partial charge on any atom is -0.444 e. The maximum Gasteiger partial charge on any atom is 0.410 e. The maximum atomic E-state index is 12.2. The van der Waals surface area contributed by atoms with E-state index in [0.29, 0.717) is 32.8 Å². The third-order valence-electron chi connectivity index (χ3n) is 3.41. The van der Waals surface area contributed by atoms with Crippen molar-refractivity contribution < 1.29 is 19.1 Å². The quantitative estimate of drug-likeness (QED) is 0.763. The first-order chi connectivity index (χ1) is 10.3. The molecule has 1 N–H and O–H groups in total. The summed E-state index contributed by atoms with van der Waals surface area (Å²) in [6, 6.07) is 0. The molecule has 1 rings (SSSR count). The van der Waals surface area contributed by atoms with E-state index in [1.807, 2.05) is 27.7 Å². The van der Waals surface area contributed by atoms with E-state index in [4.69, 9.17) is 9.47 Å². The van der Waals surface area contributed by atoms with Gasteiger partial charge in [-0.2, -0.15) is 0 Å². The number of nitrogens with one attached hydrogen (secondary N) is 1. The van der Waals surface area contributed by atoms with Gasteiger partial charge in [0, 0.05) is 32.8 Å². The topological polar surface area (TPSA) is 67.9 Å². The molecule has 1 heterocycles. The molecule has 0 aromatic carbocycles. The van der Waals surface area contributed by atoms with Crippen LogP contribution in [0.1, 0.15) is 47.0 Å². The highest BCUT2D eigenvalue weighted by atomic mass is 16.6. The number of hydrogen-bond donors (Lipinski definition) is 1. The van der Waals surface area contributed by atoms with Gasteiger partial charge in [-0.1, -0.05) is 0 Å². The second kappa shape index (κ2) is 8.98. The van der Waals surface area contributed by atoms with Crippen LogP contribution in [0.2, 0.25) is 0 Å². The lowest BCUT2D eigenvalue weighted by Gasteiger charge is -2.33. The van der Waals surface area contributed by atoms with Crippen molar-refractivity contribution in [2.75, 3.05) is 32.8 Å². The number of carbonyl (C=O) groups is 2. The molecule has 1 aliphatic heterocycles. The van der Waals surface area contributed by atoms with Crippen molar-refractivity contribution in [3.05, 3.63) is 0 Å². The molecule has 0 unspecified atom stereocenters. The van der Waals surface area contributed by atoms with Crippen LogP contribution in [0.3, 0.4) is 0 Å². The van der Waals surface area contributed by atoms with Crippen LogP contribution in [0.5, 0.6) is 0 Å². The van der Waals surface area contributed by atoms with Crippen molar-refractivity contribution in [1.29, 1.82) is 0 Å². The molecular weight excluding hydrogens is 284 g/mol. The van der Waals surface area contributed by atoms with Crippen molar-refractivity contribution in [2.45, 2.75) is 52.6 Å². The van der Waals surface area contributed by atoms with Crippen LogP contribution >= 0.6 is 0 Å². The smallest absolute Gasteiger partial charge is 0.410 e. The Labute approximate surface area is 133 Å². The molecule has 6 heteroatoms. The third-order valence-corrected chi connectivity index (χ3v) is 3.41. The summed E-state index contributed by atoms with van der Waals surface area (Å²) in [6.07, 6.45) is 2.12. The first-order valence-electron chi connectivity index (χ1n) is 8.17. The molecular formula is C16H30N2O4. The molecule has 0 aliphatic carbocycles. The summed E-state index contributed by atoms with van der Waals surface area (Å²) in [6.45, 7) is 10.5. The van der Waals surface area contributed by atoms with Gasteiger partial charge in [0.05, 0.1) is 5.92 Å². The number of piperidine rings is 1. The summed E-state index contributed by atoms with van der Waals surface area (Å²) in [5.41, 5.74) is -0.508. The molecule has 1 atom stereocenters. The minimum atomic E-state index is -0.508. The number of nitrogens with zero attached hydrogens (tertiary/aromatic N) is 1. The monoisotopic (exact) mass is 314 g/mol. The summed E-state index contributed by atoms with van der Waals surface area (Å²) < 4.78 is 10.6. The molecule has 128 valence electrons. The molecule has 1 aliphatic rings. The Hall–Kier alpha value is -1.30. The Balaban J connectivity index is 2.35. The van der Waals surface area contributed by atoms with Crippen molar-refractivity contribution in [2.24, 2.45) is 5.92 Å². The Morgan fingerprint density at radius 1 is 1.32 bits per heavy atom. The second-order valence-electron chi connectivity index (χ2n) is 6.61. The molecule has 2 amide bonds. The highest BCUT2D eigenvalue weighted by molar-refractivity contribution is 5.80. The lowest BCUT2D eigenvalue weighted by Crippen LogP contribution is -2.47. The lowest BCUT2D eigenvalue weighted by atomic mass is 9.97. The normalized spacial score (nSPS) is 18.9. The van der Waals surface area contributed by atoms with E-state index in [0.717, 1.165) is 19.3 Å². The zero-order valence-electron chi connectivity index (χ0n) is 14.3. The van der Waals surface area contributed by atoms with Gasteiger partial charge in [0.15, 0.2) is 0 Å². The van der Waals surface area contributed by atoms with E-state index in [-0.39, 0.29) is 17.9 Å². The maximum absolute atomic E-state index is 12.2. The first kappa shape index (κ1) is 18.7. The predicted molar refractivity (Wildman–Crippen MR) is 84.7 cm³/mol. The summed E-state index contributed by atoms with van der Waals surface area (Å²) in [7, 11) is 0. The summed E-state index contributed by atoms with van der Waals surface area (Å²) in [5.74, 6) is -0.127. The third kappa shape index (κ3) is 7.11. The minimum absolute atomic E-state index is 0.0183. The zero-order valence-corrected chi connectivity index (χ0v) is 14.3. The van der Waals surface area contributed by atoms with E-state index in [9.17, 15) is 9.59 Å². The number of likely N-dealkylation sites (tertiary alicyclic amines) is 1. The average Bonchev–Trinajstić information content (AvgIpc) is 2.45. The Morgan fingerprint density at radius 2 is 2.05 bits per heavy atom. The van der Waals surface area contributed by atoms with Gasteiger partial charge in [-0.3, -0.25) is 4.79 Å². The van der Waals surface area contributed by atoms with E-state index < -0.39 is 5.60 Å². The fourth-order valence-electron chi connectivity index (χ4n) is 2.36. The van der Waals surface area contributed by atoms with Crippen LogP contribution in [0, 0.1) is 5.92 Å². The summed E-state index contributed by atoms with van der Waals surface area (Å²) in [4.78, 5) is 25.9. The van der Waals surface area contributed by atoms with E-state index in [1.165, 1.54) is 0 Å². The molecule has 1 saturated heterocycles. The van der Waals surface area contributed by atoms with Crippen LogP contribution in [0.4, 0.5) is 4.79 Å². The van der Waals surface area contributed by atoms with Crippen molar-refractivity contribution in [1.82, 2.24) is 10.2 Å². The average molecular weight is 314 g/mol. The summed E-state index contributed by atoms with van der Waals surface area (Å²) >= 11 is 0. The van der Waals surface area contributed by atoms with Crippen LogP contribution in [0.15, 0.2) is 0 Å². The Bertz CT molecular complexity index is 366. The van der Waals surface area contributed by atoms with Crippen molar-refractivity contribution in [3.8, 4) is 0 Å². The van der Waals surface area contributed by atoms with Crippen LogP contribution in [-0.2, 0) is 14.3 Å². The number of rotatable bonds is 6. The molecule has 1 fully saturated rings. The Morgan fingerprint density at radius 3 is 2.68 bits per heavy atom. The van der Waals surface area contributed by atoms with Gasteiger partial charge in [0.1, 0.15) is 5.60 Å². The van der Waals surface area contributed by atoms with Crippen molar-refractivity contribution >= 4 is 12.0 Å². The molecule has 0 bridgehead atoms. The highest BCUT2D eigenvalue weighted by Gasteiger charge is 2.30. The second-order valence-corrected chi connectivity index (χ2v) is 6.61. The van der Waals surface area contributed by atoms with Gasteiger partial charge in [0.25, 0.3) is 0 Å². The fraction of sp³-hybridized carbons (Fsp3) is 0.875. The van der Waals surface area contributed by atoms with Gasteiger partial charge in [-0.05, 0) is 47.0 Å². The molecule has 0 spiro atoms. The van der Waals surface area contributed by atoms with Crippen LogP contribution in [-0.4, -0.2) is 55.3 Å². The summed E-state index contributed by atoms with van der Waals surface area (Å²) in [5, 5.41) is 2.92. The first-order valence-corrected chi connectivity index (χ1v) is 8.17.